The summed E-state index contributed by atoms with van der Waals surface area (Å²) < 4.78 is 20.8. The Morgan fingerprint density at radius 1 is 0.956 bits per heavy atom. The number of carbonyl (C=O) groups excluding carboxylic acids is 3. The lowest BCUT2D eigenvalue weighted by molar-refractivity contribution is -0.140. The molecule has 3 aliphatic rings. The Bertz CT molecular complexity index is 1490. The highest BCUT2D eigenvalue weighted by Crippen LogP contribution is 2.22. The monoisotopic (exact) mass is 616 g/mol. The number of hydrogen-bond acceptors (Lipinski definition) is 6. The van der Waals surface area contributed by atoms with E-state index in [9.17, 15) is 19.5 Å². The molecule has 2 unspecified atom stereocenters. The lowest BCUT2D eigenvalue weighted by atomic mass is 9.93. The zero-order chi connectivity index (χ0) is 31.8. The topological polar surface area (TPSA) is 111 Å². The lowest BCUT2D eigenvalue weighted by Gasteiger charge is -2.38. The minimum atomic E-state index is -1.34. The van der Waals surface area contributed by atoms with Gasteiger partial charge in [0.1, 0.15) is 6.04 Å². The second-order valence-electron chi connectivity index (χ2n) is 11.6. The fourth-order valence-corrected chi connectivity index (χ4v) is 5.91. The van der Waals surface area contributed by atoms with Crippen LogP contribution in [0.1, 0.15) is 58.0 Å². The summed E-state index contributed by atoms with van der Waals surface area (Å²) >= 11 is 0. The summed E-state index contributed by atoms with van der Waals surface area (Å²) in [6, 6.07) is 18.7. The van der Waals surface area contributed by atoms with Gasteiger partial charge in [-0.3, -0.25) is 14.4 Å². The molecule has 3 aromatic rings. The molecule has 238 valence electrons. The van der Waals surface area contributed by atoms with Crippen molar-refractivity contribution >= 4 is 17.7 Å². The molecule has 3 N–H and O–H groups in total. The fraction of sp³-hybridized carbons (Fsp3) is 0.400. The van der Waals surface area contributed by atoms with Crippen molar-refractivity contribution in [3.05, 3.63) is 101 Å². The summed E-state index contributed by atoms with van der Waals surface area (Å²) in [5.41, 5.74) is 2.13. The van der Waals surface area contributed by atoms with Gasteiger partial charge in [0.25, 0.3) is 11.8 Å². The highest BCUT2D eigenvalue weighted by molar-refractivity contribution is 6.00. The third kappa shape index (κ3) is 8.06. The van der Waals surface area contributed by atoms with Crippen molar-refractivity contribution in [1.29, 1.82) is 0 Å². The van der Waals surface area contributed by atoms with Gasteiger partial charge >= 0.3 is 0 Å². The van der Waals surface area contributed by atoms with E-state index >= 15 is 4.39 Å². The van der Waals surface area contributed by atoms with Crippen molar-refractivity contribution in [3.63, 3.8) is 0 Å². The Balaban J connectivity index is 1.44. The second kappa shape index (κ2) is 15.1. The molecule has 3 heterocycles. The molecular weight excluding hydrogens is 575 g/mol. The number of rotatable bonds is 6. The number of aliphatic hydroxyl groups is 1. The number of ether oxygens (including phenoxy) is 1. The van der Waals surface area contributed by atoms with Gasteiger partial charge in [-0.25, -0.2) is 4.39 Å². The predicted molar refractivity (Wildman–Crippen MR) is 168 cm³/mol. The van der Waals surface area contributed by atoms with Crippen LogP contribution in [0.4, 0.5) is 4.39 Å². The van der Waals surface area contributed by atoms with E-state index in [2.05, 4.69) is 10.6 Å². The normalized spacial score (nSPS) is 20.6. The van der Waals surface area contributed by atoms with Crippen LogP contribution >= 0.6 is 0 Å². The van der Waals surface area contributed by atoms with E-state index in [1.54, 1.807) is 46.2 Å². The smallest absolute Gasteiger partial charge is 0.253 e. The standard InChI is InChI=1S/C35H41FN4O5/c1-2-16-39-17-6-7-19-45-30-14-13-25(20-28(30)36)21-29(38-33(42)26-11-8-12-27(22-26)34(39)43)32(41)31-35(44)40(18-15-37-31)23-24-9-4-3-5-10-24/h3-5,8-14,20,22,29,31-32,37,41H,2,6-7,15-19,21,23H2,1H3,(H,38,42)/t29-,31?,32?/m0/s1. The van der Waals surface area contributed by atoms with Crippen LogP contribution in [0.5, 0.6) is 5.75 Å². The van der Waals surface area contributed by atoms with Gasteiger partial charge in [0.05, 0.1) is 18.8 Å². The molecule has 0 aromatic heterocycles. The van der Waals surface area contributed by atoms with Gasteiger partial charge in [-0.05, 0) is 67.1 Å². The first kappa shape index (κ1) is 32.1. The van der Waals surface area contributed by atoms with Gasteiger partial charge in [-0.15, -0.1) is 0 Å². The number of nitrogens with zero attached hydrogens (tertiary/aromatic N) is 2. The zero-order valence-corrected chi connectivity index (χ0v) is 25.6. The van der Waals surface area contributed by atoms with E-state index in [0.29, 0.717) is 63.3 Å². The highest BCUT2D eigenvalue weighted by Gasteiger charge is 2.38. The first-order valence-corrected chi connectivity index (χ1v) is 15.7. The molecular formula is C35H41FN4O5. The maximum atomic E-state index is 15.1. The molecule has 6 rings (SSSR count). The number of benzene rings is 3. The summed E-state index contributed by atoms with van der Waals surface area (Å²) in [7, 11) is 0. The molecule has 0 aliphatic carbocycles. The minimum Gasteiger partial charge on any atom is -0.491 e. The van der Waals surface area contributed by atoms with Gasteiger partial charge in [0.15, 0.2) is 11.6 Å². The quantitative estimate of drug-likeness (QED) is 0.391. The Hall–Kier alpha value is -4.28. The average molecular weight is 617 g/mol. The van der Waals surface area contributed by atoms with E-state index in [-0.39, 0.29) is 29.5 Å². The number of nitrogens with one attached hydrogen (secondary N) is 2. The van der Waals surface area contributed by atoms with Crippen LogP contribution in [0.3, 0.4) is 0 Å². The van der Waals surface area contributed by atoms with Gasteiger partial charge in [0.2, 0.25) is 5.91 Å². The summed E-state index contributed by atoms with van der Waals surface area (Å²) in [5.74, 6) is -1.42. The molecule has 10 heteroatoms. The second-order valence-corrected chi connectivity index (χ2v) is 11.6. The molecule has 4 bridgehead atoms. The number of aliphatic hydroxyl groups excluding tert-OH is 1. The summed E-state index contributed by atoms with van der Waals surface area (Å²) in [5, 5.41) is 17.7. The highest BCUT2D eigenvalue weighted by atomic mass is 19.1. The first-order chi connectivity index (χ1) is 21.8. The fourth-order valence-electron chi connectivity index (χ4n) is 5.91. The molecule has 3 aromatic carbocycles. The van der Waals surface area contributed by atoms with Gasteiger partial charge in [-0.1, -0.05) is 49.4 Å². The maximum Gasteiger partial charge on any atom is 0.253 e. The Morgan fingerprint density at radius 2 is 1.76 bits per heavy atom. The van der Waals surface area contributed by atoms with Crippen LogP contribution in [0, 0.1) is 5.82 Å². The average Bonchev–Trinajstić information content (AvgIpc) is 3.05. The van der Waals surface area contributed by atoms with Crippen molar-refractivity contribution in [1.82, 2.24) is 20.4 Å². The van der Waals surface area contributed by atoms with Crippen LogP contribution in [-0.2, 0) is 17.8 Å². The van der Waals surface area contributed by atoms with Crippen molar-refractivity contribution < 1.29 is 28.6 Å². The van der Waals surface area contributed by atoms with Crippen molar-refractivity contribution in [3.8, 4) is 5.75 Å². The molecule has 1 saturated heterocycles. The van der Waals surface area contributed by atoms with Gasteiger partial charge in [0, 0.05) is 43.9 Å². The van der Waals surface area contributed by atoms with E-state index in [1.165, 1.54) is 6.07 Å². The largest absolute Gasteiger partial charge is 0.491 e. The van der Waals surface area contributed by atoms with Crippen LogP contribution in [0.15, 0.2) is 72.8 Å². The van der Waals surface area contributed by atoms with Crippen LogP contribution in [0.2, 0.25) is 0 Å². The van der Waals surface area contributed by atoms with Gasteiger partial charge < -0.3 is 30.3 Å². The third-order valence-electron chi connectivity index (χ3n) is 8.29. The molecule has 0 spiro atoms. The van der Waals surface area contributed by atoms with E-state index in [0.717, 1.165) is 12.0 Å². The molecule has 0 radical (unpaired) electrons. The molecule has 45 heavy (non-hydrogen) atoms. The first-order valence-electron chi connectivity index (χ1n) is 15.7. The number of piperazine rings is 1. The molecule has 3 amide bonds. The molecule has 9 nitrogen and oxygen atoms in total. The zero-order valence-electron chi connectivity index (χ0n) is 25.6. The summed E-state index contributed by atoms with van der Waals surface area (Å²) in [6.07, 6.45) is 0.805. The van der Waals surface area contributed by atoms with Crippen molar-refractivity contribution in [2.24, 2.45) is 0 Å². The number of carbonyl (C=O) groups is 3. The van der Waals surface area contributed by atoms with Crippen molar-refractivity contribution in [2.45, 2.75) is 57.3 Å². The van der Waals surface area contributed by atoms with Crippen LogP contribution in [0.25, 0.3) is 0 Å². The van der Waals surface area contributed by atoms with E-state index in [1.807, 2.05) is 37.3 Å². The maximum absolute atomic E-state index is 15.1. The Morgan fingerprint density at radius 3 is 2.53 bits per heavy atom. The molecule has 3 atom stereocenters. The summed E-state index contributed by atoms with van der Waals surface area (Å²) in [6.45, 7) is 4.68. The SMILES string of the molecule is CCCN1CCCCOc2ccc(cc2F)C[C@@H](C(O)C2NCCN(Cc3ccccc3)C2=O)NC(=O)c2cccc(c2)C1=O. The molecule has 3 aliphatic heterocycles. The Labute approximate surface area is 263 Å². The predicted octanol–water partition coefficient (Wildman–Crippen LogP) is 3.55. The molecule has 1 fully saturated rings. The van der Waals surface area contributed by atoms with E-state index in [4.69, 9.17) is 4.74 Å². The number of amides is 3. The number of halogens is 1. The van der Waals surface area contributed by atoms with E-state index < -0.39 is 29.9 Å². The number of hydrogen-bond donors (Lipinski definition) is 3. The number of fused-ring (bicyclic) bond motifs is 11. The van der Waals surface area contributed by atoms with Crippen LogP contribution < -0.4 is 15.4 Å². The minimum absolute atomic E-state index is 0.0527. The molecule has 0 saturated carbocycles. The van der Waals surface area contributed by atoms with Crippen molar-refractivity contribution in [2.75, 3.05) is 32.8 Å². The lowest BCUT2D eigenvalue weighted by Crippen LogP contribution is -2.63. The summed E-state index contributed by atoms with van der Waals surface area (Å²) in [4.78, 5) is 44.1. The third-order valence-corrected chi connectivity index (χ3v) is 8.29. The van der Waals surface area contributed by atoms with Gasteiger partial charge in [-0.2, -0.15) is 0 Å². The van der Waals surface area contributed by atoms with Crippen LogP contribution in [-0.4, -0.2) is 83.6 Å². The Kier molecular flexibility index (Phi) is 10.8.